The maximum Gasteiger partial charge on any atom is 0.255 e. The number of phenols is 1. The highest BCUT2D eigenvalue weighted by molar-refractivity contribution is 6.24. The van der Waals surface area contributed by atoms with Crippen molar-refractivity contribution in [2.75, 3.05) is 21.1 Å². The molecular formula is C35H41N3O7. The molecule has 0 aromatic heterocycles. The monoisotopic (exact) mass is 615 g/mol. The molecule has 10 nitrogen and oxygen atoms in total. The van der Waals surface area contributed by atoms with Crippen molar-refractivity contribution in [2.24, 2.45) is 17.6 Å². The maximum atomic E-state index is 14.1. The highest BCUT2D eigenvalue weighted by Crippen LogP contribution is 2.53. The van der Waals surface area contributed by atoms with E-state index >= 15 is 0 Å². The van der Waals surface area contributed by atoms with E-state index in [1.54, 1.807) is 25.1 Å². The molecule has 1 fully saturated rings. The number of likely N-dealkylation sites (N-methyl/N-ethyl adjacent to an activating group) is 1. The summed E-state index contributed by atoms with van der Waals surface area (Å²) in [4.78, 5) is 43.8. The van der Waals surface area contributed by atoms with Crippen LogP contribution in [0.4, 0.5) is 0 Å². The predicted molar refractivity (Wildman–Crippen MR) is 167 cm³/mol. The number of aliphatic hydroxyl groups excluding tert-OH is 2. The van der Waals surface area contributed by atoms with Gasteiger partial charge in [0.2, 0.25) is 5.78 Å². The number of primary amides is 1. The summed E-state index contributed by atoms with van der Waals surface area (Å²) in [6.45, 7) is 0.783. The Kier molecular flexibility index (Phi) is 7.87. The van der Waals surface area contributed by atoms with E-state index < -0.39 is 58.0 Å². The van der Waals surface area contributed by atoms with Crippen LogP contribution in [-0.4, -0.2) is 86.5 Å². The molecule has 0 aliphatic heterocycles. The molecule has 1 saturated carbocycles. The first kappa shape index (κ1) is 31.0. The van der Waals surface area contributed by atoms with Crippen molar-refractivity contribution in [3.63, 3.8) is 0 Å². The SMILES string of the molecule is CN(Cc1cccc(-c2ccc(O)c3c2C[C@H]2C[C@H]4[C@H](N(C)C)C(O)=C(C(N)=O)C(=O)[C@@]4(O)C(O)=C2C3=O)c1)C1CCCCC1. The highest BCUT2D eigenvalue weighted by atomic mass is 16.3. The number of nitrogens with two attached hydrogens (primary N) is 1. The second-order valence-corrected chi connectivity index (χ2v) is 13.4. The van der Waals surface area contributed by atoms with Gasteiger partial charge in [-0.1, -0.05) is 43.5 Å². The average molecular weight is 616 g/mol. The fourth-order valence-corrected chi connectivity index (χ4v) is 8.30. The molecule has 6 N–H and O–H groups in total. The van der Waals surface area contributed by atoms with E-state index in [4.69, 9.17) is 5.73 Å². The Morgan fingerprint density at radius 2 is 1.73 bits per heavy atom. The van der Waals surface area contributed by atoms with Crippen LogP contribution in [-0.2, 0) is 22.6 Å². The fraction of sp³-hybridized carbons (Fsp3) is 0.457. The van der Waals surface area contributed by atoms with Crippen LogP contribution in [0.3, 0.4) is 0 Å². The second kappa shape index (κ2) is 11.4. The van der Waals surface area contributed by atoms with E-state index in [-0.39, 0.29) is 29.7 Å². The van der Waals surface area contributed by atoms with Gasteiger partial charge in [-0.3, -0.25) is 24.2 Å². The van der Waals surface area contributed by atoms with Crippen LogP contribution in [0.15, 0.2) is 59.1 Å². The third kappa shape index (κ3) is 4.86. The molecule has 4 atom stereocenters. The minimum Gasteiger partial charge on any atom is -0.510 e. The topological polar surface area (TPSA) is 165 Å². The van der Waals surface area contributed by atoms with Crippen LogP contribution in [0, 0.1) is 11.8 Å². The first-order valence-corrected chi connectivity index (χ1v) is 15.6. The lowest BCUT2D eigenvalue weighted by Crippen LogP contribution is -2.63. The van der Waals surface area contributed by atoms with E-state index in [2.05, 4.69) is 24.1 Å². The van der Waals surface area contributed by atoms with E-state index in [1.807, 2.05) is 12.1 Å². The number of aliphatic hydroxyl groups is 3. The van der Waals surface area contributed by atoms with E-state index in [0.29, 0.717) is 11.6 Å². The number of benzene rings is 2. The fourth-order valence-electron chi connectivity index (χ4n) is 8.30. The van der Waals surface area contributed by atoms with Crippen molar-refractivity contribution in [1.29, 1.82) is 0 Å². The third-order valence-electron chi connectivity index (χ3n) is 10.5. The van der Waals surface area contributed by atoms with E-state index in [0.717, 1.165) is 23.2 Å². The van der Waals surface area contributed by atoms with Gasteiger partial charge in [0.25, 0.3) is 5.91 Å². The van der Waals surface area contributed by atoms with Crippen molar-refractivity contribution in [1.82, 2.24) is 9.80 Å². The lowest BCUT2D eigenvalue weighted by atomic mass is 9.58. The predicted octanol–water partition coefficient (Wildman–Crippen LogP) is 3.55. The van der Waals surface area contributed by atoms with Gasteiger partial charge in [0.1, 0.15) is 22.8 Å². The van der Waals surface area contributed by atoms with Crippen LogP contribution in [0.5, 0.6) is 5.75 Å². The smallest absolute Gasteiger partial charge is 0.255 e. The largest absolute Gasteiger partial charge is 0.510 e. The minimum absolute atomic E-state index is 0.0120. The number of carbonyl (C=O) groups excluding carboxylic acids is 3. The number of ketones is 2. The van der Waals surface area contributed by atoms with Crippen LogP contribution in [0.1, 0.15) is 60.0 Å². The zero-order valence-corrected chi connectivity index (χ0v) is 25.9. The van der Waals surface area contributed by atoms with Crippen LogP contribution >= 0.6 is 0 Å². The third-order valence-corrected chi connectivity index (χ3v) is 10.5. The van der Waals surface area contributed by atoms with Gasteiger partial charge >= 0.3 is 0 Å². The lowest BCUT2D eigenvalue weighted by molar-refractivity contribution is -0.148. The number of aromatic hydroxyl groups is 1. The molecule has 0 heterocycles. The molecule has 0 radical (unpaired) electrons. The molecule has 4 aliphatic rings. The van der Waals surface area contributed by atoms with Crippen LogP contribution < -0.4 is 5.73 Å². The quantitative estimate of drug-likeness (QED) is 0.306. The van der Waals surface area contributed by atoms with Crippen molar-refractivity contribution in [3.05, 3.63) is 75.8 Å². The number of Topliss-reactive ketones (excluding diaryl/α,β-unsaturated/α-hetero) is 2. The van der Waals surface area contributed by atoms with Gasteiger partial charge < -0.3 is 26.2 Å². The molecular weight excluding hydrogens is 574 g/mol. The summed E-state index contributed by atoms with van der Waals surface area (Å²) < 4.78 is 0. The molecule has 2 aromatic rings. The van der Waals surface area contributed by atoms with Crippen molar-refractivity contribution in [3.8, 4) is 16.9 Å². The first-order valence-electron chi connectivity index (χ1n) is 15.6. The van der Waals surface area contributed by atoms with Crippen molar-refractivity contribution in [2.45, 2.75) is 69.2 Å². The molecule has 0 bridgehead atoms. The van der Waals surface area contributed by atoms with Gasteiger partial charge in [-0.25, -0.2) is 0 Å². The summed E-state index contributed by atoms with van der Waals surface area (Å²) in [5, 5.41) is 45.3. The summed E-state index contributed by atoms with van der Waals surface area (Å²) in [6.07, 6.45) is 6.47. The summed E-state index contributed by atoms with van der Waals surface area (Å²) in [7, 11) is 5.38. The summed E-state index contributed by atoms with van der Waals surface area (Å²) in [6, 6.07) is 10.9. The lowest BCUT2D eigenvalue weighted by Gasteiger charge is -2.50. The molecule has 2 aromatic carbocycles. The molecule has 4 aliphatic carbocycles. The number of allylic oxidation sites excluding steroid dienone is 1. The van der Waals surface area contributed by atoms with Crippen molar-refractivity contribution < 1.29 is 34.8 Å². The normalized spacial score (nSPS) is 27.1. The van der Waals surface area contributed by atoms with Gasteiger partial charge in [0, 0.05) is 24.1 Å². The average Bonchev–Trinajstić information content (AvgIpc) is 2.99. The Hall–Kier alpha value is -3.99. The number of hydrogen-bond acceptors (Lipinski definition) is 9. The number of amides is 1. The van der Waals surface area contributed by atoms with E-state index in [9.17, 15) is 34.8 Å². The molecule has 0 unspecified atom stereocenters. The molecule has 45 heavy (non-hydrogen) atoms. The Morgan fingerprint density at radius 1 is 1.02 bits per heavy atom. The molecule has 0 spiro atoms. The number of fused-ring (bicyclic) bond motifs is 3. The van der Waals surface area contributed by atoms with Gasteiger partial charge in [-0.15, -0.1) is 0 Å². The van der Waals surface area contributed by atoms with Gasteiger partial charge in [-0.2, -0.15) is 0 Å². The van der Waals surface area contributed by atoms with Crippen LogP contribution in [0.2, 0.25) is 0 Å². The number of hydrogen-bond donors (Lipinski definition) is 5. The maximum absolute atomic E-state index is 14.1. The zero-order valence-electron chi connectivity index (χ0n) is 25.9. The Labute approximate surface area is 262 Å². The number of phenolic OH excluding ortho intramolecular Hbond substituents is 1. The second-order valence-electron chi connectivity index (χ2n) is 13.4. The molecule has 6 rings (SSSR count). The summed E-state index contributed by atoms with van der Waals surface area (Å²) in [5.74, 6) is -6.58. The molecule has 238 valence electrons. The van der Waals surface area contributed by atoms with Crippen LogP contribution in [0.25, 0.3) is 11.1 Å². The van der Waals surface area contributed by atoms with E-state index in [1.165, 1.54) is 38.2 Å². The van der Waals surface area contributed by atoms with Gasteiger partial charge in [0.05, 0.1) is 11.6 Å². The number of rotatable bonds is 6. The summed E-state index contributed by atoms with van der Waals surface area (Å²) >= 11 is 0. The molecule has 10 heteroatoms. The van der Waals surface area contributed by atoms with Crippen molar-refractivity contribution >= 4 is 17.5 Å². The standard InChI is InChI=1S/C35H41N3O7/c1-37(2)29-24-16-20-15-23-22(19-9-7-8-18(14-19)17-38(3)21-10-5-4-6-11-21)12-13-25(39)27(23)30(40)26(20)32(42)35(24,45)33(43)28(31(29)41)34(36)44/h7-9,12-14,20-21,24,29,39,41-42,45H,4-6,10-11,15-17H2,1-3H3,(H2,36,44)/t20-,24-,29-,35-/m0/s1. The Balaban J connectivity index is 1.41. The summed E-state index contributed by atoms with van der Waals surface area (Å²) in [5.41, 5.74) is 5.21. The Morgan fingerprint density at radius 3 is 2.40 bits per heavy atom. The zero-order chi connectivity index (χ0) is 32.4. The minimum atomic E-state index is -2.66. The molecule has 0 saturated heterocycles. The number of nitrogens with zero attached hydrogens (tertiary/aromatic N) is 2. The highest BCUT2D eigenvalue weighted by Gasteiger charge is 2.63. The Bertz CT molecular complexity index is 1650. The van der Waals surface area contributed by atoms with Gasteiger partial charge in [-0.05, 0) is 87.1 Å². The number of carbonyl (C=O) groups is 3. The molecule has 1 amide bonds. The first-order chi connectivity index (χ1) is 21.4. The van der Waals surface area contributed by atoms with Gasteiger partial charge in [0.15, 0.2) is 11.4 Å².